The Morgan fingerprint density at radius 2 is 2.38 bits per heavy atom. The van der Waals surface area contributed by atoms with E-state index in [1.54, 1.807) is 0 Å². The van der Waals surface area contributed by atoms with Crippen LogP contribution in [0.4, 0.5) is 0 Å². The van der Waals surface area contributed by atoms with Crippen molar-refractivity contribution in [2.45, 2.75) is 18.9 Å². The van der Waals surface area contributed by atoms with E-state index in [4.69, 9.17) is 0 Å². The van der Waals surface area contributed by atoms with Crippen molar-refractivity contribution in [3.05, 3.63) is 30.1 Å². The average molecular weight is 174 g/mol. The molecule has 2 heteroatoms. The summed E-state index contributed by atoms with van der Waals surface area (Å²) in [5, 5.41) is 0. The first-order valence-corrected chi connectivity index (χ1v) is 5.08. The van der Waals surface area contributed by atoms with E-state index < -0.39 is 0 Å². The predicted octanol–water partition coefficient (Wildman–Crippen LogP) is 1.85. The van der Waals surface area contributed by atoms with Crippen molar-refractivity contribution in [2.75, 3.05) is 13.1 Å². The van der Waals surface area contributed by atoms with Crippen LogP contribution in [0.3, 0.4) is 0 Å². The Kier molecular flexibility index (Phi) is 1.62. The van der Waals surface area contributed by atoms with Crippen molar-refractivity contribution in [1.29, 1.82) is 0 Å². The number of piperidine rings is 1. The number of fused-ring (bicyclic) bond motifs is 2. The molecule has 0 N–H and O–H groups in total. The van der Waals surface area contributed by atoms with Gasteiger partial charge in [-0.3, -0.25) is 9.88 Å². The SMILES string of the molecule is c1ccc(C2CC3CCN2C3)nc1. The molecule has 3 unspecified atom stereocenters. The van der Waals surface area contributed by atoms with Crippen molar-refractivity contribution in [2.24, 2.45) is 5.92 Å². The molecule has 3 atom stereocenters. The summed E-state index contributed by atoms with van der Waals surface area (Å²) in [4.78, 5) is 7.01. The van der Waals surface area contributed by atoms with Gasteiger partial charge in [0.05, 0.1) is 11.7 Å². The molecule has 13 heavy (non-hydrogen) atoms. The van der Waals surface area contributed by atoms with Crippen molar-refractivity contribution >= 4 is 0 Å². The van der Waals surface area contributed by atoms with Gasteiger partial charge >= 0.3 is 0 Å². The maximum Gasteiger partial charge on any atom is 0.0575 e. The van der Waals surface area contributed by atoms with Gasteiger partial charge in [0.25, 0.3) is 0 Å². The Morgan fingerprint density at radius 3 is 3.00 bits per heavy atom. The summed E-state index contributed by atoms with van der Waals surface area (Å²) in [5.74, 6) is 0.951. The Morgan fingerprint density at radius 1 is 1.38 bits per heavy atom. The molecule has 1 aromatic heterocycles. The van der Waals surface area contributed by atoms with Gasteiger partial charge in [0.15, 0.2) is 0 Å². The number of rotatable bonds is 1. The molecule has 0 saturated carbocycles. The summed E-state index contributed by atoms with van der Waals surface area (Å²) in [5.41, 5.74) is 1.27. The third-order valence-electron chi connectivity index (χ3n) is 3.34. The Bertz CT molecular complexity index is 296. The fourth-order valence-corrected chi connectivity index (χ4v) is 2.68. The lowest BCUT2D eigenvalue weighted by molar-refractivity contribution is 0.261. The first kappa shape index (κ1) is 7.51. The topological polar surface area (TPSA) is 16.1 Å². The number of hydrogen-bond acceptors (Lipinski definition) is 2. The van der Waals surface area contributed by atoms with Gasteiger partial charge in [0.2, 0.25) is 0 Å². The van der Waals surface area contributed by atoms with E-state index in [0.29, 0.717) is 6.04 Å². The molecule has 0 spiro atoms. The van der Waals surface area contributed by atoms with Gasteiger partial charge in [-0.25, -0.2) is 0 Å². The highest BCUT2D eigenvalue weighted by atomic mass is 15.2. The minimum atomic E-state index is 0.625. The summed E-state index contributed by atoms with van der Waals surface area (Å²) in [6.45, 7) is 2.59. The van der Waals surface area contributed by atoms with Crippen molar-refractivity contribution < 1.29 is 0 Å². The summed E-state index contributed by atoms with van der Waals surface area (Å²) < 4.78 is 0. The molecule has 0 radical (unpaired) electrons. The molecule has 0 amide bonds. The second kappa shape index (κ2) is 2.81. The van der Waals surface area contributed by atoms with Crippen LogP contribution in [-0.2, 0) is 0 Å². The van der Waals surface area contributed by atoms with Crippen LogP contribution in [-0.4, -0.2) is 23.0 Å². The third-order valence-corrected chi connectivity index (χ3v) is 3.34. The van der Waals surface area contributed by atoms with E-state index in [-0.39, 0.29) is 0 Å². The fourth-order valence-electron chi connectivity index (χ4n) is 2.68. The van der Waals surface area contributed by atoms with Crippen LogP contribution in [0.5, 0.6) is 0 Å². The first-order valence-electron chi connectivity index (χ1n) is 5.08. The molecule has 3 rings (SSSR count). The van der Waals surface area contributed by atoms with Crippen LogP contribution in [0.25, 0.3) is 0 Å². The molecule has 0 aliphatic carbocycles. The van der Waals surface area contributed by atoms with E-state index in [1.807, 2.05) is 12.3 Å². The van der Waals surface area contributed by atoms with E-state index >= 15 is 0 Å². The average Bonchev–Trinajstić information content (AvgIpc) is 2.80. The molecule has 1 aromatic rings. The van der Waals surface area contributed by atoms with Crippen LogP contribution in [0, 0.1) is 5.92 Å². The summed E-state index contributed by atoms with van der Waals surface area (Å²) in [6, 6.07) is 6.87. The van der Waals surface area contributed by atoms with Crippen LogP contribution in [0.1, 0.15) is 24.6 Å². The highest BCUT2D eigenvalue weighted by molar-refractivity contribution is 5.12. The fraction of sp³-hybridized carbons (Fsp3) is 0.545. The maximum atomic E-state index is 4.44. The Labute approximate surface area is 78.6 Å². The lowest BCUT2D eigenvalue weighted by Crippen LogP contribution is -2.22. The molecular formula is C11H14N2. The highest BCUT2D eigenvalue weighted by Gasteiger charge is 2.38. The van der Waals surface area contributed by atoms with Gasteiger partial charge in [-0.1, -0.05) is 6.07 Å². The van der Waals surface area contributed by atoms with Crippen molar-refractivity contribution in [1.82, 2.24) is 9.88 Å². The lowest BCUT2D eigenvalue weighted by atomic mass is 9.98. The minimum Gasteiger partial charge on any atom is -0.294 e. The smallest absolute Gasteiger partial charge is 0.0575 e. The van der Waals surface area contributed by atoms with Crippen LogP contribution in [0.2, 0.25) is 0 Å². The number of nitrogens with zero attached hydrogens (tertiary/aromatic N) is 2. The molecule has 0 aromatic carbocycles. The zero-order valence-electron chi connectivity index (χ0n) is 7.69. The van der Waals surface area contributed by atoms with E-state index in [1.165, 1.54) is 31.6 Å². The second-order valence-electron chi connectivity index (χ2n) is 4.16. The van der Waals surface area contributed by atoms with Crippen LogP contribution in [0.15, 0.2) is 24.4 Å². The minimum absolute atomic E-state index is 0.625. The molecule has 2 aliphatic heterocycles. The van der Waals surface area contributed by atoms with Gasteiger partial charge < -0.3 is 0 Å². The van der Waals surface area contributed by atoms with Crippen LogP contribution >= 0.6 is 0 Å². The first-order chi connectivity index (χ1) is 6.43. The molecule has 2 nitrogen and oxygen atoms in total. The quantitative estimate of drug-likeness (QED) is 0.646. The standard InChI is InChI=1S/C11H14N2/c1-2-5-12-10(3-1)11-7-9-4-6-13(11)8-9/h1-3,5,9,11H,4,6-8H2. The van der Waals surface area contributed by atoms with E-state index in [9.17, 15) is 0 Å². The van der Waals surface area contributed by atoms with Gasteiger partial charge in [-0.05, 0) is 37.4 Å². The highest BCUT2D eigenvalue weighted by Crippen LogP contribution is 2.40. The molecule has 68 valence electrons. The van der Waals surface area contributed by atoms with Crippen LogP contribution < -0.4 is 0 Å². The largest absolute Gasteiger partial charge is 0.294 e. The zero-order chi connectivity index (χ0) is 8.67. The van der Waals surface area contributed by atoms with Gasteiger partial charge in [-0.2, -0.15) is 0 Å². The molecular weight excluding hydrogens is 160 g/mol. The number of hydrogen-bond donors (Lipinski definition) is 0. The third kappa shape index (κ3) is 1.17. The predicted molar refractivity (Wildman–Crippen MR) is 51.3 cm³/mol. The van der Waals surface area contributed by atoms with Gasteiger partial charge in [-0.15, -0.1) is 0 Å². The zero-order valence-corrected chi connectivity index (χ0v) is 7.69. The normalized spacial score (nSPS) is 36.8. The second-order valence-corrected chi connectivity index (χ2v) is 4.16. The monoisotopic (exact) mass is 174 g/mol. The summed E-state index contributed by atoms with van der Waals surface area (Å²) in [7, 11) is 0. The van der Waals surface area contributed by atoms with E-state index in [2.05, 4.69) is 22.0 Å². The molecule has 2 aliphatic rings. The van der Waals surface area contributed by atoms with Crippen molar-refractivity contribution in [3.8, 4) is 0 Å². The van der Waals surface area contributed by atoms with Gasteiger partial charge in [0.1, 0.15) is 0 Å². The molecule has 2 fully saturated rings. The Balaban J connectivity index is 1.87. The summed E-state index contributed by atoms with van der Waals surface area (Å²) >= 11 is 0. The number of pyridine rings is 1. The van der Waals surface area contributed by atoms with E-state index in [0.717, 1.165) is 5.92 Å². The lowest BCUT2D eigenvalue weighted by Gasteiger charge is -2.23. The maximum absolute atomic E-state index is 4.44. The number of aromatic nitrogens is 1. The molecule has 2 saturated heterocycles. The van der Waals surface area contributed by atoms with Gasteiger partial charge in [0, 0.05) is 12.7 Å². The van der Waals surface area contributed by atoms with Crippen molar-refractivity contribution in [3.63, 3.8) is 0 Å². The Hall–Kier alpha value is -0.890. The molecule has 3 heterocycles. The molecule has 2 bridgehead atoms. The summed E-state index contributed by atoms with van der Waals surface area (Å²) in [6.07, 6.45) is 4.64.